The number of ether oxygens (including phenoxy) is 1. The number of hydrogen-bond donors (Lipinski definition) is 2. The molecule has 0 aromatic heterocycles. The molecule has 114 valence electrons. The zero-order valence-electron chi connectivity index (χ0n) is 12.2. The first-order valence-electron chi connectivity index (χ1n) is 7.30. The number of carbonyl (C=O) groups excluding carboxylic acids is 1. The maximum atomic E-state index is 12.0. The van der Waals surface area contributed by atoms with Crippen molar-refractivity contribution in [3.05, 3.63) is 29.8 Å². The summed E-state index contributed by atoms with van der Waals surface area (Å²) >= 11 is 0. The second-order valence-corrected chi connectivity index (χ2v) is 5.47. The molecule has 1 fully saturated rings. The highest BCUT2D eigenvalue weighted by Crippen LogP contribution is 2.21. The summed E-state index contributed by atoms with van der Waals surface area (Å²) in [6.07, 6.45) is 2.54. The molecule has 1 aromatic rings. The summed E-state index contributed by atoms with van der Waals surface area (Å²) in [6, 6.07) is 7.30. The van der Waals surface area contributed by atoms with Gasteiger partial charge in [-0.3, -0.25) is 9.59 Å². The van der Waals surface area contributed by atoms with Gasteiger partial charge in [0.2, 0.25) is 0 Å². The van der Waals surface area contributed by atoms with Crippen molar-refractivity contribution < 1.29 is 19.4 Å². The molecule has 1 heterocycles. The van der Waals surface area contributed by atoms with Crippen LogP contribution in [-0.2, 0) is 14.3 Å². The molecule has 0 radical (unpaired) electrons. The smallest absolute Gasteiger partial charge is 0.303 e. The van der Waals surface area contributed by atoms with Crippen molar-refractivity contribution in [3.8, 4) is 0 Å². The fraction of sp³-hybridized carbons (Fsp3) is 0.500. The zero-order chi connectivity index (χ0) is 15.2. The Balaban J connectivity index is 1.92. The fourth-order valence-electron chi connectivity index (χ4n) is 2.45. The van der Waals surface area contributed by atoms with Gasteiger partial charge in [-0.15, -0.1) is 0 Å². The van der Waals surface area contributed by atoms with Gasteiger partial charge in [0.1, 0.15) is 6.10 Å². The third kappa shape index (κ3) is 4.56. The Kier molecular flexibility index (Phi) is 5.33. The Bertz CT molecular complexity index is 492. The third-order valence-corrected chi connectivity index (χ3v) is 3.70. The third-order valence-electron chi connectivity index (χ3n) is 3.70. The van der Waals surface area contributed by atoms with Crippen LogP contribution in [0.3, 0.4) is 0 Å². The van der Waals surface area contributed by atoms with Crippen LogP contribution in [0.5, 0.6) is 0 Å². The van der Waals surface area contributed by atoms with E-state index in [0.29, 0.717) is 12.3 Å². The van der Waals surface area contributed by atoms with E-state index in [1.807, 2.05) is 19.1 Å². The molecule has 2 atom stereocenters. The van der Waals surface area contributed by atoms with Gasteiger partial charge in [-0.25, -0.2) is 0 Å². The molecule has 1 aromatic carbocycles. The zero-order valence-corrected chi connectivity index (χ0v) is 12.2. The van der Waals surface area contributed by atoms with Gasteiger partial charge in [0.25, 0.3) is 5.91 Å². The highest BCUT2D eigenvalue weighted by Gasteiger charge is 2.21. The maximum absolute atomic E-state index is 12.0. The van der Waals surface area contributed by atoms with Crippen LogP contribution < -0.4 is 5.32 Å². The highest BCUT2D eigenvalue weighted by molar-refractivity contribution is 5.94. The summed E-state index contributed by atoms with van der Waals surface area (Å²) in [5.41, 5.74) is 1.66. The summed E-state index contributed by atoms with van der Waals surface area (Å²) in [4.78, 5) is 22.7. The number of rotatable bonds is 5. The van der Waals surface area contributed by atoms with Crippen LogP contribution in [0.15, 0.2) is 24.3 Å². The van der Waals surface area contributed by atoms with E-state index in [4.69, 9.17) is 9.84 Å². The van der Waals surface area contributed by atoms with Crippen molar-refractivity contribution in [2.45, 2.75) is 44.6 Å². The Morgan fingerprint density at radius 1 is 1.33 bits per heavy atom. The van der Waals surface area contributed by atoms with Crippen molar-refractivity contribution in [3.63, 3.8) is 0 Å². The van der Waals surface area contributed by atoms with Crippen molar-refractivity contribution in [2.75, 3.05) is 11.9 Å². The molecule has 5 heteroatoms. The molecule has 1 aliphatic rings. The van der Waals surface area contributed by atoms with Crippen molar-refractivity contribution >= 4 is 17.6 Å². The summed E-state index contributed by atoms with van der Waals surface area (Å²) in [5, 5.41) is 11.6. The molecule has 21 heavy (non-hydrogen) atoms. The van der Waals surface area contributed by atoms with Gasteiger partial charge in [0.15, 0.2) is 0 Å². The number of carboxylic acids is 1. The lowest BCUT2D eigenvalue weighted by atomic mass is 9.98. The predicted molar refractivity (Wildman–Crippen MR) is 79.3 cm³/mol. The van der Waals surface area contributed by atoms with E-state index >= 15 is 0 Å². The molecule has 1 aliphatic heterocycles. The van der Waals surface area contributed by atoms with Crippen LogP contribution in [-0.4, -0.2) is 29.7 Å². The molecule has 2 N–H and O–H groups in total. The molecule has 1 amide bonds. The van der Waals surface area contributed by atoms with Crippen LogP contribution in [0.2, 0.25) is 0 Å². The number of hydrogen-bond acceptors (Lipinski definition) is 3. The minimum absolute atomic E-state index is 0.0473. The van der Waals surface area contributed by atoms with E-state index in [-0.39, 0.29) is 24.3 Å². The number of carbonyl (C=O) groups is 2. The molecule has 0 spiro atoms. The van der Waals surface area contributed by atoms with Gasteiger partial charge in [-0.1, -0.05) is 19.1 Å². The molecular weight excluding hydrogens is 270 g/mol. The molecule has 0 bridgehead atoms. The molecule has 2 unspecified atom stereocenters. The molecule has 0 saturated carbocycles. The lowest BCUT2D eigenvalue weighted by Crippen LogP contribution is -2.33. The van der Waals surface area contributed by atoms with Gasteiger partial charge < -0.3 is 15.2 Å². The monoisotopic (exact) mass is 291 g/mol. The number of nitrogens with one attached hydrogen (secondary N) is 1. The minimum Gasteiger partial charge on any atom is -0.481 e. The SMILES string of the molecule is CC(CC(=O)O)c1ccc(NC(=O)C2CCCCO2)cc1. The average molecular weight is 291 g/mol. The maximum Gasteiger partial charge on any atom is 0.303 e. The second kappa shape index (κ2) is 7.22. The quantitative estimate of drug-likeness (QED) is 0.874. The number of anilines is 1. The first-order chi connectivity index (χ1) is 10.1. The van der Waals surface area contributed by atoms with Crippen molar-refractivity contribution in [1.29, 1.82) is 0 Å². The normalized spacial score (nSPS) is 19.8. The average Bonchev–Trinajstić information content (AvgIpc) is 2.48. The summed E-state index contributed by atoms with van der Waals surface area (Å²) in [5.74, 6) is -0.968. The van der Waals surface area contributed by atoms with Crippen LogP contribution in [0.1, 0.15) is 44.1 Å². The fourth-order valence-corrected chi connectivity index (χ4v) is 2.45. The van der Waals surface area contributed by atoms with Gasteiger partial charge in [0, 0.05) is 12.3 Å². The second-order valence-electron chi connectivity index (χ2n) is 5.47. The van der Waals surface area contributed by atoms with E-state index < -0.39 is 5.97 Å². The van der Waals surface area contributed by atoms with Gasteiger partial charge in [-0.2, -0.15) is 0 Å². The summed E-state index contributed by atoms with van der Waals surface area (Å²) in [6.45, 7) is 2.52. The van der Waals surface area contributed by atoms with E-state index in [1.165, 1.54) is 0 Å². The van der Waals surface area contributed by atoms with Crippen LogP contribution >= 0.6 is 0 Å². The molecule has 2 rings (SSSR count). The van der Waals surface area contributed by atoms with Gasteiger partial charge in [-0.05, 0) is 42.9 Å². The predicted octanol–water partition coefficient (Wildman–Crippen LogP) is 2.77. The minimum atomic E-state index is -0.811. The lowest BCUT2D eigenvalue weighted by molar-refractivity contribution is -0.137. The van der Waals surface area contributed by atoms with Crippen LogP contribution in [0.4, 0.5) is 5.69 Å². The van der Waals surface area contributed by atoms with Crippen molar-refractivity contribution in [1.82, 2.24) is 0 Å². The van der Waals surface area contributed by atoms with Crippen LogP contribution in [0, 0.1) is 0 Å². The Morgan fingerprint density at radius 3 is 2.62 bits per heavy atom. The number of amides is 1. The highest BCUT2D eigenvalue weighted by atomic mass is 16.5. The van der Waals surface area contributed by atoms with E-state index in [9.17, 15) is 9.59 Å². The number of aliphatic carboxylic acids is 1. The topological polar surface area (TPSA) is 75.6 Å². The van der Waals surface area contributed by atoms with Crippen LogP contribution in [0.25, 0.3) is 0 Å². The Labute approximate surface area is 124 Å². The molecule has 0 aliphatic carbocycles. The number of carboxylic acid groups (broad SMARTS) is 1. The summed E-state index contributed by atoms with van der Waals surface area (Å²) in [7, 11) is 0. The lowest BCUT2D eigenvalue weighted by Gasteiger charge is -2.21. The first-order valence-corrected chi connectivity index (χ1v) is 7.30. The molecule has 1 saturated heterocycles. The Hall–Kier alpha value is -1.88. The van der Waals surface area contributed by atoms with Gasteiger partial charge >= 0.3 is 5.97 Å². The molecular formula is C16H21NO4. The molecule has 5 nitrogen and oxygen atoms in total. The standard InChI is InChI=1S/C16H21NO4/c1-11(10-15(18)19)12-5-7-13(8-6-12)17-16(20)14-4-2-3-9-21-14/h5-8,11,14H,2-4,9-10H2,1H3,(H,17,20)(H,18,19). The van der Waals surface area contributed by atoms with E-state index in [2.05, 4.69) is 5.32 Å². The largest absolute Gasteiger partial charge is 0.481 e. The van der Waals surface area contributed by atoms with Gasteiger partial charge in [0.05, 0.1) is 6.42 Å². The summed E-state index contributed by atoms with van der Waals surface area (Å²) < 4.78 is 5.44. The van der Waals surface area contributed by atoms with E-state index in [1.54, 1.807) is 12.1 Å². The Morgan fingerprint density at radius 2 is 2.05 bits per heavy atom. The number of benzene rings is 1. The van der Waals surface area contributed by atoms with Crippen molar-refractivity contribution in [2.24, 2.45) is 0 Å². The van der Waals surface area contributed by atoms with E-state index in [0.717, 1.165) is 24.8 Å². The first kappa shape index (κ1) is 15.5.